The lowest BCUT2D eigenvalue weighted by atomic mass is 10.2. The summed E-state index contributed by atoms with van der Waals surface area (Å²) in [7, 11) is 1.48. The van der Waals surface area contributed by atoms with E-state index in [2.05, 4.69) is 20.6 Å². The fourth-order valence-electron chi connectivity index (χ4n) is 3.07. The van der Waals surface area contributed by atoms with Crippen molar-refractivity contribution in [1.82, 2.24) is 9.97 Å². The predicted octanol–water partition coefficient (Wildman–Crippen LogP) is 4.34. The van der Waals surface area contributed by atoms with Gasteiger partial charge >= 0.3 is 6.09 Å². The molecule has 1 saturated heterocycles. The van der Waals surface area contributed by atoms with Crippen molar-refractivity contribution in [2.45, 2.75) is 39.2 Å². The molecule has 31 heavy (non-hydrogen) atoms. The zero-order chi connectivity index (χ0) is 22.6. The molecule has 0 spiro atoms. The zero-order valence-corrected chi connectivity index (χ0v) is 18.7. The number of aromatic nitrogens is 2. The minimum absolute atomic E-state index is 0.0797. The van der Waals surface area contributed by atoms with Crippen LogP contribution in [0.2, 0.25) is 5.02 Å². The standard InChI is InChI=1S/C21H26ClN5O4/c1-21(2,3)31-20(29)25-15-11-13(7-8-16(15)30-4)24-18(28)17-14(22)12-23-19(26-17)27-9-5-6-10-27/h7-8,11-12H,5-6,9-10H2,1-4H3,(H,24,28)(H,25,29). The molecule has 2 heterocycles. The van der Waals surface area contributed by atoms with Crippen LogP contribution in [0.1, 0.15) is 44.1 Å². The van der Waals surface area contributed by atoms with Crippen LogP contribution < -0.4 is 20.3 Å². The second kappa shape index (κ2) is 9.38. The molecule has 1 aliphatic rings. The number of carbonyl (C=O) groups is 2. The van der Waals surface area contributed by atoms with E-state index in [9.17, 15) is 9.59 Å². The molecule has 10 heteroatoms. The Hall–Kier alpha value is -3.07. The number of amides is 2. The zero-order valence-electron chi connectivity index (χ0n) is 18.0. The Labute approximate surface area is 186 Å². The van der Waals surface area contributed by atoms with Gasteiger partial charge in [0, 0.05) is 18.8 Å². The van der Waals surface area contributed by atoms with Crippen LogP contribution in [-0.4, -0.2) is 47.8 Å². The van der Waals surface area contributed by atoms with Crippen LogP contribution in [0.5, 0.6) is 5.75 Å². The van der Waals surface area contributed by atoms with Crippen LogP contribution in [0, 0.1) is 0 Å². The summed E-state index contributed by atoms with van der Waals surface area (Å²) in [5.74, 6) is 0.413. The lowest BCUT2D eigenvalue weighted by molar-refractivity contribution is 0.0635. The molecule has 0 atom stereocenters. The van der Waals surface area contributed by atoms with Gasteiger partial charge in [-0.1, -0.05) is 11.6 Å². The molecule has 166 valence electrons. The second-order valence-corrected chi connectivity index (χ2v) is 8.46. The number of rotatable bonds is 5. The molecule has 1 aliphatic heterocycles. The molecular weight excluding hydrogens is 422 g/mol. The van der Waals surface area contributed by atoms with Crippen molar-refractivity contribution in [3.05, 3.63) is 35.1 Å². The number of hydrogen-bond donors (Lipinski definition) is 2. The van der Waals surface area contributed by atoms with Gasteiger partial charge in [-0.25, -0.2) is 14.8 Å². The number of halogens is 1. The third-order valence-corrected chi connectivity index (χ3v) is 4.70. The van der Waals surface area contributed by atoms with E-state index in [4.69, 9.17) is 21.1 Å². The molecule has 3 rings (SSSR count). The van der Waals surface area contributed by atoms with E-state index < -0.39 is 17.6 Å². The molecule has 2 N–H and O–H groups in total. The fraction of sp³-hybridized carbons (Fsp3) is 0.429. The number of benzene rings is 1. The van der Waals surface area contributed by atoms with Crippen molar-refractivity contribution in [1.29, 1.82) is 0 Å². The lowest BCUT2D eigenvalue weighted by Crippen LogP contribution is -2.27. The van der Waals surface area contributed by atoms with Gasteiger partial charge < -0.3 is 19.7 Å². The first kappa shape index (κ1) is 22.6. The maximum atomic E-state index is 12.8. The van der Waals surface area contributed by atoms with Gasteiger partial charge in [0.15, 0.2) is 5.69 Å². The summed E-state index contributed by atoms with van der Waals surface area (Å²) >= 11 is 6.18. The van der Waals surface area contributed by atoms with Gasteiger partial charge in [-0.3, -0.25) is 10.1 Å². The Morgan fingerprint density at radius 3 is 2.52 bits per heavy atom. The van der Waals surface area contributed by atoms with E-state index in [1.807, 2.05) is 4.90 Å². The van der Waals surface area contributed by atoms with E-state index >= 15 is 0 Å². The minimum atomic E-state index is -0.653. The number of hydrogen-bond acceptors (Lipinski definition) is 7. The molecular formula is C21H26ClN5O4. The lowest BCUT2D eigenvalue weighted by Gasteiger charge is -2.20. The Kier molecular flexibility index (Phi) is 6.84. The Balaban J connectivity index is 1.78. The molecule has 1 fully saturated rings. The van der Waals surface area contributed by atoms with Gasteiger partial charge in [0.2, 0.25) is 5.95 Å². The van der Waals surface area contributed by atoms with Crippen LogP contribution in [-0.2, 0) is 4.74 Å². The molecule has 1 aromatic carbocycles. The Morgan fingerprint density at radius 1 is 1.16 bits per heavy atom. The van der Waals surface area contributed by atoms with Gasteiger partial charge in [0.1, 0.15) is 11.4 Å². The summed E-state index contributed by atoms with van der Waals surface area (Å²) in [6.45, 7) is 6.99. The van der Waals surface area contributed by atoms with Gasteiger partial charge in [-0.05, 0) is 51.8 Å². The summed E-state index contributed by atoms with van der Waals surface area (Å²) in [4.78, 5) is 35.6. The number of carbonyl (C=O) groups excluding carboxylic acids is 2. The van der Waals surface area contributed by atoms with Crippen LogP contribution in [0.25, 0.3) is 0 Å². The van der Waals surface area contributed by atoms with Gasteiger partial charge in [0.05, 0.1) is 24.0 Å². The van der Waals surface area contributed by atoms with E-state index in [-0.39, 0.29) is 10.7 Å². The molecule has 0 radical (unpaired) electrons. The smallest absolute Gasteiger partial charge is 0.412 e. The number of anilines is 3. The Morgan fingerprint density at radius 2 is 1.87 bits per heavy atom. The van der Waals surface area contributed by atoms with E-state index in [0.29, 0.717) is 23.1 Å². The molecule has 0 bridgehead atoms. The molecule has 9 nitrogen and oxygen atoms in total. The maximum Gasteiger partial charge on any atom is 0.412 e. The van der Waals surface area contributed by atoms with Crippen molar-refractivity contribution < 1.29 is 19.1 Å². The SMILES string of the molecule is COc1ccc(NC(=O)c2nc(N3CCCC3)ncc2Cl)cc1NC(=O)OC(C)(C)C. The number of nitrogens with zero attached hydrogens (tertiary/aromatic N) is 3. The normalized spacial score (nSPS) is 13.6. The molecule has 0 saturated carbocycles. The van der Waals surface area contributed by atoms with Crippen molar-refractivity contribution in [3.63, 3.8) is 0 Å². The van der Waals surface area contributed by atoms with Gasteiger partial charge in [-0.15, -0.1) is 0 Å². The highest BCUT2D eigenvalue weighted by molar-refractivity contribution is 6.34. The average Bonchev–Trinajstić information content (AvgIpc) is 3.22. The first-order valence-electron chi connectivity index (χ1n) is 9.93. The monoisotopic (exact) mass is 447 g/mol. The number of methoxy groups -OCH3 is 1. The Bertz CT molecular complexity index is 971. The maximum absolute atomic E-state index is 12.8. The molecule has 0 aliphatic carbocycles. The summed E-state index contributed by atoms with van der Waals surface area (Å²) in [5, 5.41) is 5.54. The van der Waals surface area contributed by atoms with E-state index in [1.165, 1.54) is 13.3 Å². The van der Waals surface area contributed by atoms with Crippen LogP contribution in [0.3, 0.4) is 0 Å². The quantitative estimate of drug-likeness (QED) is 0.702. The van der Waals surface area contributed by atoms with Crippen molar-refractivity contribution in [2.24, 2.45) is 0 Å². The number of nitrogens with one attached hydrogen (secondary N) is 2. The largest absolute Gasteiger partial charge is 0.495 e. The van der Waals surface area contributed by atoms with E-state index in [0.717, 1.165) is 25.9 Å². The summed E-state index contributed by atoms with van der Waals surface area (Å²) in [5.41, 5.74) is 0.200. The highest BCUT2D eigenvalue weighted by atomic mass is 35.5. The second-order valence-electron chi connectivity index (χ2n) is 8.06. The number of ether oxygens (including phenoxy) is 2. The third kappa shape index (κ3) is 5.97. The molecule has 2 amide bonds. The third-order valence-electron chi connectivity index (χ3n) is 4.43. The predicted molar refractivity (Wildman–Crippen MR) is 119 cm³/mol. The highest BCUT2D eigenvalue weighted by Crippen LogP contribution is 2.29. The van der Waals surface area contributed by atoms with Crippen molar-refractivity contribution in [2.75, 3.05) is 35.7 Å². The summed E-state index contributed by atoms with van der Waals surface area (Å²) < 4.78 is 10.6. The van der Waals surface area contributed by atoms with E-state index in [1.54, 1.807) is 39.0 Å². The fourth-order valence-corrected chi connectivity index (χ4v) is 3.25. The van der Waals surface area contributed by atoms with Crippen LogP contribution in [0.4, 0.5) is 22.1 Å². The first-order valence-corrected chi connectivity index (χ1v) is 10.3. The highest BCUT2D eigenvalue weighted by Gasteiger charge is 2.21. The minimum Gasteiger partial charge on any atom is -0.495 e. The molecule has 0 unspecified atom stereocenters. The topological polar surface area (TPSA) is 106 Å². The summed E-state index contributed by atoms with van der Waals surface area (Å²) in [6.07, 6.45) is 2.92. The van der Waals surface area contributed by atoms with Crippen LogP contribution >= 0.6 is 11.6 Å². The molecule has 2 aromatic rings. The van der Waals surface area contributed by atoms with Crippen molar-refractivity contribution in [3.8, 4) is 5.75 Å². The summed E-state index contributed by atoms with van der Waals surface area (Å²) in [6, 6.07) is 4.84. The first-order chi connectivity index (χ1) is 14.7. The molecule has 1 aromatic heterocycles. The van der Waals surface area contributed by atoms with Gasteiger partial charge in [0.25, 0.3) is 5.91 Å². The van der Waals surface area contributed by atoms with Crippen molar-refractivity contribution >= 4 is 40.9 Å². The van der Waals surface area contributed by atoms with Gasteiger partial charge in [-0.2, -0.15) is 0 Å². The van der Waals surface area contributed by atoms with Crippen LogP contribution in [0.15, 0.2) is 24.4 Å². The average molecular weight is 448 g/mol.